The fraction of sp³-hybridized carbons (Fsp3) is 0.316. The molecule has 1 N–H and O–H groups in total. The zero-order valence-corrected chi connectivity index (χ0v) is 14.2. The van der Waals surface area contributed by atoms with Crippen molar-refractivity contribution in [1.29, 1.82) is 0 Å². The number of rotatable bonds is 3. The predicted octanol–water partition coefficient (Wildman–Crippen LogP) is -1.46. The molecule has 0 aromatic heterocycles. The normalized spacial score (nSPS) is 15.1. The van der Waals surface area contributed by atoms with E-state index in [9.17, 15) is 4.79 Å². The molecule has 122 valence electrons. The Morgan fingerprint density at radius 3 is 2.39 bits per heavy atom. The van der Waals surface area contributed by atoms with E-state index in [2.05, 4.69) is 30.3 Å². The van der Waals surface area contributed by atoms with Crippen LogP contribution in [0.2, 0.25) is 0 Å². The average molecular weight is 331 g/mol. The molecule has 3 nitrogen and oxygen atoms in total. The van der Waals surface area contributed by atoms with Crippen molar-refractivity contribution in [1.82, 2.24) is 4.90 Å². The molecule has 0 saturated carbocycles. The van der Waals surface area contributed by atoms with Crippen molar-refractivity contribution in [2.75, 3.05) is 26.2 Å². The van der Waals surface area contributed by atoms with E-state index >= 15 is 0 Å². The second-order valence-electron chi connectivity index (χ2n) is 6.07. The predicted molar refractivity (Wildman–Crippen MR) is 87.9 cm³/mol. The van der Waals surface area contributed by atoms with Crippen molar-refractivity contribution in [3.8, 4) is 0 Å². The second kappa shape index (κ2) is 8.14. The smallest absolute Gasteiger partial charge is 0.254 e. The van der Waals surface area contributed by atoms with Crippen molar-refractivity contribution < 1.29 is 22.1 Å². The maximum absolute atomic E-state index is 12.5. The molecule has 3 rings (SSSR count). The highest BCUT2D eigenvalue weighted by atomic mass is 35.5. The van der Waals surface area contributed by atoms with E-state index in [0.717, 1.165) is 43.9 Å². The second-order valence-corrected chi connectivity index (χ2v) is 6.07. The van der Waals surface area contributed by atoms with Gasteiger partial charge in [-0.2, -0.15) is 0 Å². The number of carbonyl (C=O) groups excluding carboxylic acids is 1. The summed E-state index contributed by atoms with van der Waals surface area (Å²) in [4.78, 5) is 16.1. The van der Waals surface area contributed by atoms with Crippen molar-refractivity contribution in [2.24, 2.45) is 0 Å². The van der Waals surface area contributed by atoms with Crippen LogP contribution in [0.15, 0.2) is 54.6 Å². The molecular weight excluding hydrogens is 308 g/mol. The van der Waals surface area contributed by atoms with E-state index in [-0.39, 0.29) is 18.3 Å². The molecule has 2 aromatic rings. The van der Waals surface area contributed by atoms with Crippen molar-refractivity contribution in [2.45, 2.75) is 13.5 Å². The lowest BCUT2D eigenvalue weighted by Gasteiger charge is -2.32. The zero-order valence-electron chi connectivity index (χ0n) is 13.5. The minimum Gasteiger partial charge on any atom is -1.00 e. The molecular formula is C19H23ClN2O. The number of hydrogen-bond acceptors (Lipinski definition) is 1. The molecule has 2 aromatic carbocycles. The maximum Gasteiger partial charge on any atom is 0.254 e. The van der Waals surface area contributed by atoms with Gasteiger partial charge in [0.1, 0.15) is 6.54 Å². The van der Waals surface area contributed by atoms with Gasteiger partial charge in [-0.3, -0.25) is 4.79 Å². The van der Waals surface area contributed by atoms with Gasteiger partial charge in [0, 0.05) is 11.1 Å². The van der Waals surface area contributed by atoms with Gasteiger partial charge in [0.2, 0.25) is 0 Å². The summed E-state index contributed by atoms with van der Waals surface area (Å²) in [6, 6.07) is 18.5. The molecule has 1 heterocycles. The largest absolute Gasteiger partial charge is 1.00 e. The number of amides is 1. The molecule has 0 spiro atoms. The lowest BCUT2D eigenvalue weighted by atomic mass is 10.1. The van der Waals surface area contributed by atoms with Crippen LogP contribution < -0.4 is 17.3 Å². The van der Waals surface area contributed by atoms with Crippen LogP contribution in [0.4, 0.5) is 0 Å². The first kappa shape index (κ1) is 17.5. The van der Waals surface area contributed by atoms with E-state index in [1.165, 1.54) is 5.56 Å². The summed E-state index contributed by atoms with van der Waals surface area (Å²) >= 11 is 0. The Labute approximate surface area is 144 Å². The Morgan fingerprint density at radius 1 is 1.04 bits per heavy atom. The molecule has 0 unspecified atom stereocenters. The summed E-state index contributed by atoms with van der Waals surface area (Å²) in [6.07, 6.45) is 0. The van der Waals surface area contributed by atoms with Crippen molar-refractivity contribution >= 4 is 5.91 Å². The van der Waals surface area contributed by atoms with Crippen LogP contribution >= 0.6 is 0 Å². The van der Waals surface area contributed by atoms with Crippen LogP contribution in [0.25, 0.3) is 0 Å². The maximum atomic E-state index is 12.5. The fourth-order valence-corrected chi connectivity index (χ4v) is 3.05. The summed E-state index contributed by atoms with van der Waals surface area (Å²) in [7, 11) is 0. The number of benzene rings is 2. The van der Waals surface area contributed by atoms with Gasteiger partial charge in [0.25, 0.3) is 5.91 Å². The number of hydrogen-bond donors (Lipinski definition) is 1. The quantitative estimate of drug-likeness (QED) is 0.731. The molecule has 23 heavy (non-hydrogen) atoms. The van der Waals surface area contributed by atoms with Crippen LogP contribution in [0, 0.1) is 6.92 Å². The molecule has 0 atom stereocenters. The Hall–Kier alpha value is -1.84. The van der Waals surface area contributed by atoms with Gasteiger partial charge in [0.05, 0.1) is 26.2 Å². The number of carbonyl (C=O) groups is 1. The molecule has 4 heteroatoms. The third kappa shape index (κ3) is 4.57. The summed E-state index contributed by atoms with van der Waals surface area (Å²) in [5.74, 6) is 0.169. The molecule has 1 fully saturated rings. The fourth-order valence-electron chi connectivity index (χ4n) is 3.05. The van der Waals surface area contributed by atoms with Crippen molar-refractivity contribution in [3.05, 3.63) is 71.3 Å². The molecule has 1 aliphatic rings. The van der Waals surface area contributed by atoms with Gasteiger partial charge in [-0.05, 0) is 19.1 Å². The first-order chi connectivity index (χ1) is 10.7. The van der Waals surface area contributed by atoms with Gasteiger partial charge in [-0.25, -0.2) is 0 Å². The van der Waals surface area contributed by atoms with Crippen LogP contribution in [0.1, 0.15) is 21.5 Å². The van der Waals surface area contributed by atoms with Gasteiger partial charge in [-0.1, -0.05) is 48.0 Å². The number of nitrogens with zero attached hydrogens (tertiary/aromatic N) is 1. The topological polar surface area (TPSA) is 24.8 Å². The van der Waals surface area contributed by atoms with E-state index in [0.29, 0.717) is 0 Å². The van der Waals surface area contributed by atoms with Gasteiger partial charge in [-0.15, -0.1) is 0 Å². The minimum absolute atomic E-state index is 0. The van der Waals surface area contributed by atoms with Gasteiger partial charge >= 0.3 is 0 Å². The van der Waals surface area contributed by atoms with E-state index in [1.807, 2.05) is 36.1 Å². The molecule has 1 amide bonds. The van der Waals surface area contributed by atoms with E-state index < -0.39 is 0 Å². The van der Waals surface area contributed by atoms with Crippen molar-refractivity contribution in [3.63, 3.8) is 0 Å². The van der Waals surface area contributed by atoms with E-state index in [1.54, 1.807) is 4.90 Å². The third-order valence-corrected chi connectivity index (χ3v) is 4.32. The molecule has 0 bridgehead atoms. The summed E-state index contributed by atoms with van der Waals surface area (Å²) in [5, 5.41) is 0. The summed E-state index contributed by atoms with van der Waals surface area (Å²) < 4.78 is 0. The summed E-state index contributed by atoms with van der Waals surface area (Å²) in [6.45, 7) is 6.80. The first-order valence-corrected chi connectivity index (χ1v) is 7.96. The number of nitrogens with one attached hydrogen (secondary N) is 1. The number of halogens is 1. The molecule has 1 saturated heterocycles. The Balaban J connectivity index is 0.00000192. The Morgan fingerprint density at radius 2 is 1.74 bits per heavy atom. The van der Waals surface area contributed by atoms with Crippen LogP contribution in [-0.4, -0.2) is 37.0 Å². The summed E-state index contributed by atoms with van der Waals surface area (Å²) in [5.41, 5.74) is 3.32. The molecule has 0 radical (unpaired) electrons. The van der Waals surface area contributed by atoms with Gasteiger partial charge in [0.15, 0.2) is 0 Å². The van der Waals surface area contributed by atoms with Crippen LogP contribution in [-0.2, 0) is 6.54 Å². The zero-order chi connectivity index (χ0) is 15.4. The minimum atomic E-state index is 0. The SMILES string of the molecule is Cc1cccc(C(=O)N2CC[NH+](Cc3ccccc3)CC2)c1.[Cl-]. The highest BCUT2D eigenvalue weighted by Gasteiger charge is 2.24. The third-order valence-electron chi connectivity index (χ3n) is 4.32. The lowest BCUT2D eigenvalue weighted by molar-refractivity contribution is -0.917. The Bertz CT molecular complexity index is 637. The lowest BCUT2D eigenvalue weighted by Crippen LogP contribution is -3.13. The standard InChI is InChI=1S/C19H22N2O.ClH/c1-16-6-5-9-18(14-16)19(22)21-12-10-20(11-13-21)15-17-7-3-2-4-8-17;/h2-9,14H,10-13,15H2,1H3;1H. The monoisotopic (exact) mass is 330 g/mol. The highest BCUT2D eigenvalue weighted by Crippen LogP contribution is 2.08. The first-order valence-electron chi connectivity index (χ1n) is 7.96. The Kier molecular flexibility index (Phi) is 6.20. The highest BCUT2D eigenvalue weighted by molar-refractivity contribution is 5.94. The van der Waals surface area contributed by atoms with E-state index in [4.69, 9.17) is 0 Å². The molecule has 0 aliphatic carbocycles. The van der Waals surface area contributed by atoms with Crippen LogP contribution in [0.5, 0.6) is 0 Å². The number of piperazine rings is 1. The number of quaternary nitrogens is 1. The van der Waals surface area contributed by atoms with Gasteiger partial charge < -0.3 is 22.2 Å². The molecule has 1 aliphatic heterocycles. The van der Waals surface area contributed by atoms with Crippen LogP contribution in [0.3, 0.4) is 0 Å². The number of aryl methyl sites for hydroxylation is 1. The average Bonchev–Trinajstić information content (AvgIpc) is 2.56.